The van der Waals surface area contributed by atoms with Gasteiger partial charge in [0.2, 0.25) is 5.91 Å². The molecule has 1 rings (SSSR count). The van der Waals surface area contributed by atoms with Gasteiger partial charge in [0.05, 0.1) is 11.3 Å². The molecule has 7 nitrogen and oxygen atoms in total. The van der Waals surface area contributed by atoms with E-state index in [0.29, 0.717) is 0 Å². The number of nitro groups is 1. The second-order valence-corrected chi connectivity index (χ2v) is 3.86. The van der Waals surface area contributed by atoms with Crippen molar-refractivity contribution in [1.29, 1.82) is 0 Å². The molecule has 0 saturated carbocycles. The number of carbonyl (C=O) groups is 2. The number of nitro benzene ring substituents is 1. The lowest BCUT2D eigenvalue weighted by Gasteiger charge is -2.18. The fourth-order valence-electron chi connectivity index (χ4n) is 1.65. The highest BCUT2D eigenvalue weighted by molar-refractivity contribution is 5.83. The first-order valence-electron chi connectivity index (χ1n) is 5.67. The third-order valence-electron chi connectivity index (χ3n) is 2.59. The number of carboxylic acids is 1. The zero-order chi connectivity index (χ0) is 14.4. The molecule has 0 atom stereocenters. The summed E-state index contributed by atoms with van der Waals surface area (Å²) in [6.45, 7) is 1.49. The lowest BCUT2D eigenvalue weighted by molar-refractivity contribution is -0.385. The number of likely N-dealkylation sites (N-methyl/N-ethyl adjacent to an activating group) is 1. The number of nitrogens with zero attached hydrogens (tertiary/aromatic N) is 2. The summed E-state index contributed by atoms with van der Waals surface area (Å²) in [6.07, 6.45) is -0.182. The van der Waals surface area contributed by atoms with Crippen LogP contribution in [0, 0.1) is 10.1 Å². The van der Waals surface area contributed by atoms with Crippen LogP contribution in [0.1, 0.15) is 12.5 Å². The molecular weight excluding hydrogens is 252 g/mol. The van der Waals surface area contributed by atoms with Gasteiger partial charge in [-0.3, -0.25) is 19.7 Å². The molecule has 7 heteroatoms. The van der Waals surface area contributed by atoms with Crippen LogP contribution in [-0.4, -0.2) is 39.9 Å². The number of aliphatic carboxylic acids is 1. The topological polar surface area (TPSA) is 101 Å². The van der Waals surface area contributed by atoms with Gasteiger partial charge >= 0.3 is 5.97 Å². The molecule has 0 fully saturated rings. The maximum absolute atomic E-state index is 11.9. The Kier molecular flexibility index (Phi) is 4.99. The van der Waals surface area contributed by atoms with E-state index in [1.165, 1.54) is 18.2 Å². The maximum Gasteiger partial charge on any atom is 0.323 e. The normalized spacial score (nSPS) is 9.95. The highest BCUT2D eigenvalue weighted by atomic mass is 16.6. The van der Waals surface area contributed by atoms with Gasteiger partial charge < -0.3 is 10.0 Å². The van der Waals surface area contributed by atoms with Crippen LogP contribution < -0.4 is 0 Å². The van der Waals surface area contributed by atoms with Crippen LogP contribution in [0.3, 0.4) is 0 Å². The van der Waals surface area contributed by atoms with Crippen molar-refractivity contribution in [2.75, 3.05) is 13.1 Å². The van der Waals surface area contributed by atoms with E-state index in [-0.39, 0.29) is 24.2 Å². The summed E-state index contributed by atoms with van der Waals surface area (Å²) in [6, 6.07) is 5.92. The maximum atomic E-state index is 11.9. The van der Waals surface area contributed by atoms with Crippen molar-refractivity contribution >= 4 is 17.6 Å². The Morgan fingerprint density at radius 3 is 2.53 bits per heavy atom. The van der Waals surface area contributed by atoms with Crippen LogP contribution in [0.4, 0.5) is 5.69 Å². The smallest absolute Gasteiger partial charge is 0.323 e. The molecule has 0 aliphatic carbocycles. The third-order valence-corrected chi connectivity index (χ3v) is 2.59. The summed E-state index contributed by atoms with van der Waals surface area (Å²) < 4.78 is 0. The zero-order valence-electron chi connectivity index (χ0n) is 10.4. The lowest BCUT2D eigenvalue weighted by atomic mass is 10.1. The van der Waals surface area contributed by atoms with Crippen molar-refractivity contribution in [3.05, 3.63) is 39.9 Å². The summed E-state index contributed by atoms with van der Waals surface area (Å²) in [4.78, 5) is 33.9. The van der Waals surface area contributed by atoms with Gasteiger partial charge in [0.25, 0.3) is 5.69 Å². The first-order chi connectivity index (χ1) is 8.95. The van der Waals surface area contributed by atoms with Crippen LogP contribution in [0.2, 0.25) is 0 Å². The summed E-state index contributed by atoms with van der Waals surface area (Å²) >= 11 is 0. The number of carbonyl (C=O) groups excluding carboxylic acids is 1. The molecule has 0 heterocycles. The third kappa shape index (κ3) is 4.06. The highest BCUT2D eigenvalue weighted by Crippen LogP contribution is 2.18. The Labute approximate surface area is 109 Å². The largest absolute Gasteiger partial charge is 0.480 e. The zero-order valence-corrected chi connectivity index (χ0v) is 10.4. The predicted octanol–water partition coefficient (Wildman–Crippen LogP) is 1.07. The second kappa shape index (κ2) is 6.48. The molecule has 0 saturated heterocycles. The van der Waals surface area contributed by atoms with Crippen molar-refractivity contribution in [2.45, 2.75) is 13.3 Å². The second-order valence-electron chi connectivity index (χ2n) is 3.86. The fourth-order valence-corrected chi connectivity index (χ4v) is 1.65. The van der Waals surface area contributed by atoms with Crippen molar-refractivity contribution in [3.8, 4) is 0 Å². The number of hydrogen-bond acceptors (Lipinski definition) is 4. The van der Waals surface area contributed by atoms with Gasteiger partial charge in [-0.2, -0.15) is 0 Å². The van der Waals surface area contributed by atoms with Crippen molar-refractivity contribution in [1.82, 2.24) is 4.90 Å². The van der Waals surface area contributed by atoms with Gasteiger partial charge in [0.1, 0.15) is 6.54 Å². The first kappa shape index (κ1) is 14.6. The average molecular weight is 266 g/mol. The van der Waals surface area contributed by atoms with Gasteiger partial charge in [0, 0.05) is 18.2 Å². The summed E-state index contributed by atoms with van der Waals surface area (Å²) in [7, 11) is 0. The minimum atomic E-state index is -1.11. The van der Waals surface area contributed by atoms with Crippen molar-refractivity contribution in [2.24, 2.45) is 0 Å². The van der Waals surface area contributed by atoms with Gasteiger partial charge in [-0.1, -0.05) is 18.2 Å². The SMILES string of the molecule is CCN(CC(=O)O)C(=O)Cc1ccccc1[N+](=O)[O-]. The standard InChI is InChI=1S/C12H14N2O5/c1-2-13(8-12(16)17)11(15)7-9-5-3-4-6-10(9)14(18)19/h3-6H,2,7-8H2,1H3,(H,16,17). The van der Waals surface area contributed by atoms with E-state index in [2.05, 4.69) is 0 Å². The van der Waals surface area contributed by atoms with Gasteiger partial charge in [-0.25, -0.2) is 0 Å². The Morgan fingerprint density at radius 2 is 2.00 bits per heavy atom. The minimum absolute atomic E-state index is 0.137. The van der Waals surface area contributed by atoms with Crippen LogP contribution in [-0.2, 0) is 16.0 Å². The van der Waals surface area contributed by atoms with E-state index >= 15 is 0 Å². The van der Waals surface area contributed by atoms with Gasteiger partial charge in [-0.15, -0.1) is 0 Å². The van der Waals surface area contributed by atoms with E-state index in [4.69, 9.17) is 5.11 Å². The molecule has 19 heavy (non-hydrogen) atoms. The molecule has 1 aromatic rings. The quantitative estimate of drug-likeness (QED) is 0.613. The van der Waals surface area contributed by atoms with Crippen LogP contribution >= 0.6 is 0 Å². The molecule has 0 unspecified atom stereocenters. The predicted molar refractivity (Wildman–Crippen MR) is 66.7 cm³/mol. The van der Waals surface area contributed by atoms with Crippen LogP contribution in [0.25, 0.3) is 0 Å². The Balaban J connectivity index is 2.87. The van der Waals surface area contributed by atoms with E-state index in [0.717, 1.165) is 4.90 Å². The molecular formula is C12H14N2O5. The number of para-hydroxylation sites is 1. The summed E-state index contributed by atoms with van der Waals surface area (Å²) in [5.41, 5.74) is 0.142. The number of hydrogen-bond donors (Lipinski definition) is 1. The molecule has 1 amide bonds. The fraction of sp³-hybridized carbons (Fsp3) is 0.333. The molecule has 0 aromatic heterocycles. The summed E-state index contributed by atoms with van der Waals surface area (Å²) in [5.74, 6) is -1.56. The van der Waals surface area contributed by atoms with E-state index < -0.39 is 23.3 Å². The number of carboxylic acid groups (broad SMARTS) is 1. The van der Waals surface area contributed by atoms with Crippen LogP contribution in [0.5, 0.6) is 0 Å². The first-order valence-corrected chi connectivity index (χ1v) is 5.67. The lowest BCUT2D eigenvalue weighted by Crippen LogP contribution is -2.36. The molecule has 102 valence electrons. The Bertz CT molecular complexity index is 501. The van der Waals surface area contributed by atoms with Gasteiger partial charge in [-0.05, 0) is 6.92 Å². The Morgan fingerprint density at radius 1 is 1.37 bits per heavy atom. The molecule has 0 aliphatic rings. The average Bonchev–Trinajstić information content (AvgIpc) is 2.35. The Hall–Kier alpha value is -2.44. The molecule has 1 N–H and O–H groups in total. The number of rotatable bonds is 6. The van der Waals surface area contributed by atoms with E-state index in [1.54, 1.807) is 13.0 Å². The monoisotopic (exact) mass is 266 g/mol. The number of benzene rings is 1. The molecule has 0 radical (unpaired) electrons. The van der Waals surface area contributed by atoms with Crippen LogP contribution in [0.15, 0.2) is 24.3 Å². The van der Waals surface area contributed by atoms with Crippen molar-refractivity contribution < 1.29 is 19.6 Å². The van der Waals surface area contributed by atoms with Gasteiger partial charge in [0.15, 0.2) is 0 Å². The van der Waals surface area contributed by atoms with E-state index in [1.807, 2.05) is 0 Å². The van der Waals surface area contributed by atoms with Crippen molar-refractivity contribution in [3.63, 3.8) is 0 Å². The minimum Gasteiger partial charge on any atom is -0.480 e. The molecule has 0 spiro atoms. The summed E-state index contributed by atoms with van der Waals surface area (Å²) in [5, 5.41) is 19.5. The molecule has 0 bridgehead atoms. The highest BCUT2D eigenvalue weighted by Gasteiger charge is 2.20. The molecule has 0 aliphatic heterocycles. The number of amides is 1. The van der Waals surface area contributed by atoms with E-state index in [9.17, 15) is 19.7 Å². The molecule has 1 aromatic carbocycles.